The summed E-state index contributed by atoms with van der Waals surface area (Å²) in [5.41, 5.74) is 4.82. The lowest BCUT2D eigenvalue weighted by atomic mass is 10.1. The lowest BCUT2D eigenvalue weighted by Gasteiger charge is -2.14. The van der Waals surface area contributed by atoms with Gasteiger partial charge < -0.3 is 19.7 Å². The number of fused-ring (bicyclic) bond motifs is 1. The van der Waals surface area contributed by atoms with Gasteiger partial charge in [-0.2, -0.15) is 0 Å². The third kappa shape index (κ3) is 3.86. The summed E-state index contributed by atoms with van der Waals surface area (Å²) in [6.07, 6.45) is -0.552. The molecule has 1 atom stereocenters. The molecule has 2 aromatic carbocycles. The second kappa shape index (κ2) is 7.72. The molecule has 0 aliphatic heterocycles. The summed E-state index contributed by atoms with van der Waals surface area (Å²) >= 11 is 0. The van der Waals surface area contributed by atoms with Gasteiger partial charge >= 0.3 is 0 Å². The van der Waals surface area contributed by atoms with Gasteiger partial charge in [0.05, 0.1) is 5.52 Å². The van der Waals surface area contributed by atoms with Crippen LogP contribution in [0.4, 0.5) is 0 Å². The molecule has 0 saturated carbocycles. The molecular formula is C21H26N2O2. The van der Waals surface area contributed by atoms with E-state index in [1.165, 1.54) is 16.8 Å². The molecule has 0 radical (unpaired) electrons. The van der Waals surface area contributed by atoms with Crippen LogP contribution in [0, 0.1) is 13.8 Å². The van der Waals surface area contributed by atoms with E-state index in [-0.39, 0.29) is 6.61 Å². The highest BCUT2D eigenvalue weighted by Crippen LogP contribution is 2.32. The smallest absolute Gasteiger partial charge is 0.129 e. The van der Waals surface area contributed by atoms with Gasteiger partial charge in [0, 0.05) is 31.2 Å². The Morgan fingerprint density at radius 3 is 2.60 bits per heavy atom. The zero-order valence-corrected chi connectivity index (χ0v) is 15.1. The van der Waals surface area contributed by atoms with E-state index < -0.39 is 6.10 Å². The molecule has 25 heavy (non-hydrogen) atoms. The number of aliphatic hydroxyl groups excluding tert-OH is 1. The van der Waals surface area contributed by atoms with Crippen molar-refractivity contribution in [2.24, 2.45) is 7.05 Å². The number of nitrogens with one attached hydrogen (secondary N) is 1. The van der Waals surface area contributed by atoms with Crippen LogP contribution >= 0.6 is 0 Å². The van der Waals surface area contributed by atoms with Gasteiger partial charge in [-0.25, -0.2) is 0 Å². The fourth-order valence-electron chi connectivity index (χ4n) is 3.13. The molecule has 1 heterocycles. The summed E-state index contributed by atoms with van der Waals surface area (Å²) in [6.45, 7) is 5.74. The van der Waals surface area contributed by atoms with E-state index in [4.69, 9.17) is 4.74 Å². The Kier molecular flexibility index (Phi) is 5.41. The summed E-state index contributed by atoms with van der Waals surface area (Å²) in [7, 11) is 2.07. The standard InChI is InChI=1S/C21H26N2O2/c1-15-16(2)23(3)19-10-7-11-20(21(15)19)25-14-18(24)13-22-12-17-8-5-4-6-9-17/h4-11,18,22,24H,12-14H2,1-3H3. The van der Waals surface area contributed by atoms with Gasteiger partial charge in [-0.1, -0.05) is 36.4 Å². The van der Waals surface area contributed by atoms with Crippen LogP contribution in [0.3, 0.4) is 0 Å². The summed E-state index contributed by atoms with van der Waals surface area (Å²) in [5, 5.41) is 14.6. The molecule has 0 aliphatic rings. The molecule has 0 aliphatic carbocycles. The fraction of sp³-hybridized carbons (Fsp3) is 0.333. The third-order valence-corrected chi connectivity index (χ3v) is 4.77. The van der Waals surface area contributed by atoms with Crippen LogP contribution in [-0.4, -0.2) is 28.9 Å². The lowest BCUT2D eigenvalue weighted by Crippen LogP contribution is -2.31. The monoisotopic (exact) mass is 338 g/mol. The largest absolute Gasteiger partial charge is 0.490 e. The third-order valence-electron chi connectivity index (χ3n) is 4.77. The van der Waals surface area contributed by atoms with Crippen LogP contribution in [0.5, 0.6) is 5.75 Å². The van der Waals surface area contributed by atoms with Crippen molar-refractivity contribution in [1.29, 1.82) is 0 Å². The van der Waals surface area contributed by atoms with Crippen molar-refractivity contribution in [1.82, 2.24) is 9.88 Å². The molecular weight excluding hydrogens is 312 g/mol. The van der Waals surface area contributed by atoms with Crippen LogP contribution in [0.15, 0.2) is 48.5 Å². The predicted octanol–water partition coefficient (Wildman–Crippen LogP) is 3.32. The molecule has 3 rings (SSSR count). The predicted molar refractivity (Wildman–Crippen MR) is 102 cm³/mol. The zero-order valence-electron chi connectivity index (χ0n) is 15.1. The Balaban J connectivity index is 1.58. The number of nitrogens with zero attached hydrogens (tertiary/aromatic N) is 1. The van der Waals surface area contributed by atoms with E-state index in [1.807, 2.05) is 30.3 Å². The summed E-state index contributed by atoms with van der Waals surface area (Å²) in [6, 6.07) is 16.2. The minimum absolute atomic E-state index is 0.272. The SMILES string of the molecule is Cc1c(C)n(C)c2cccc(OCC(O)CNCc3ccccc3)c12. The molecule has 0 saturated heterocycles. The minimum atomic E-state index is -0.552. The second-order valence-electron chi connectivity index (χ2n) is 6.50. The van der Waals surface area contributed by atoms with Gasteiger partial charge in [0.1, 0.15) is 18.5 Å². The molecule has 4 nitrogen and oxygen atoms in total. The highest BCUT2D eigenvalue weighted by Gasteiger charge is 2.14. The number of aromatic nitrogens is 1. The minimum Gasteiger partial charge on any atom is -0.490 e. The molecule has 3 aromatic rings. The van der Waals surface area contributed by atoms with Crippen molar-refractivity contribution in [2.45, 2.75) is 26.5 Å². The van der Waals surface area contributed by atoms with Gasteiger partial charge in [0.25, 0.3) is 0 Å². The van der Waals surface area contributed by atoms with Gasteiger partial charge in [-0.05, 0) is 37.1 Å². The number of aliphatic hydroxyl groups is 1. The molecule has 132 valence electrons. The first-order valence-corrected chi connectivity index (χ1v) is 8.68. The van der Waals surface area contributed by atoms with E-state index in [9.17, 15) is 5.11 Å². The van der Waals surface area contributed by atoms with Crippen LogP contribution < -0.4 is 10.1 Å². The number of rotatable bonds is 7. The van der Waals surface area contributed by atoms with Crippen LogP contribution in [0.1, 0.15) is 16.8 Å². The molecule has 0 fully saturated rings. The highest BCUT2D eigenvalue weighted by atomic mass is 16.5. The van der Waals surface area contributed by atoms with Gasteiger partial charge in [-0.3, -0.25) is 0 Å². The van der Waals surface area contributed by atoms with Gasteiger partial charge in [-0.15, -0.1) is 0 Å². The average molecular weight is 338 g/mol. The molecule has 2 N–H and O–H groups in total. The van der Waals surface area contributed by atoms with Crippen molar-refractivity contribution in [3.05, 3.63) is 65.4 Å². The van der Waals surface area contributed by atoms with E-state index >= 15 is 0 Å². The summed E-state index contributed by atoms with van der Waals surface area (Å²) in [4.78, 5) is 0. The Labute approximate surface area is 149 Å². The quantitative estimate of drug-likeness (QED) is 0.695. The molecule has 0 amide bonds. The van der Waals surface area contributed by atoms with E-state index in [1.54, 1.807) is 0 Å². The second-order valence-corrected chi connectivity index (χ2v) is 6.50. The highest BCUT2D eigenvalue weighted by molar-refractivity contribution is 5.91. The summed E-state index contributed by atoms with van der Waals surface area (Å²) < 4.78 is 8.11. The normalized spacial score (nSPS) is 12.5. The first kappa shape index (κ1) is 17.5. The van der Waals surface area contributed by atoms with Crippen molar-refractivity contribution < 1.29 is 9.84 Å². The zero-order chi connectivity index (χ0) is 17.8. The van der Waals surface area contributed by atoms with Crippen LogP contribution in [0.25, 0.3) is 10.9 Å². The number of benzene rings is 2. The topological polar surface area (TPSA) is 46.4 Å². The van der Waals surface area contributed by atoms with Crippen molar-refractivity contribution >= 4 is 10.9 Å². The van der Waals surface area contributed by atoms with Gasteiger partial charge in [0.15, 0.2) is 0 Å². The first-order chi connectivity index (χ1) is 12.1. The first-order valence-electron chi connectivity index (χ1n) is 8.68. The Morgan fingerprint density at radius 2 is 1.84 bits per heavy atom. The van der Waals surface area contributed by atoms with Crippen molar-refractivity contribution in [2.75, 3.05) is 13.2 Å². The number of hydrogen-bond donors (Lipinski definition) is 2. The number of ether oxygens (including phenoxy) is 1. The maximum atomic E-state index is 10.2. The molecule has 1 aromatic heterocycles. The molecule has 1 unspecified atom stereocenters. The van der Waals surface area contributed by atoms with Crippen molar-refractivity contribution in [3.8, 4) is 5.75 Å². The van der Waals surface area contributed by atoms with E-state index in [0.29, 0.717) is 6.54 Å². The van der Waals surface area contributed by atoms with Gasteiger partial charge in [0.2, 0.25) is 0 Å². The van der Waals surface area contributed by atoms with E-state index in [0.717, 1.165) is 23.2 Å². The summed E-state index contributed by atoms with van der Waals surface area (Å²) in [5.74, 6) is 0.834. The van der Waals surface area contributed by atoms with Crippen molar-refractivity contribution in [3.63, 3.8) is 0 Å². The van der Waals surface area contributed by atoms with E-state index in [2.05, 4.69) is 49.0 Å². The number of aryl methyl sites for hydroxylation is 2. The maximum Gasteiger partial charge on any atom is 0.129 e. The fourth-order valence-corrected chi connectivity index (χ4v) is 3.13. The molecule has 0 bridgehead atoms. The lowest BCUT2D eigenvalue weighted by molar-refractivity contribution is 0.107. The average Bonchev–Trinajstić information content (AvgIpc) is 2.86. The Morgan fingerprint density at radius 1 is 1.08 bits per heavy atom. The molecule has 4 heteroatoms. The Bertz CT molecular complexity index is 840. The molecule has 0 spiro atoms. The Hall–Kier alpha value is -2.30. The van der Waals surface area contributed by atoms with Crippen LogP contribution in [-0.2, 0) is 13.6 Å². The van der Waals surface area contributed by atoms with Crippen LogP contribution in [0.2, 0.25) is 0 Å². The number of hydrogen-bond acceptors (Lipinski definition) is 3. The maximum absolute atomic E-state index is 10.2.